The summed E-state index contributed by atoms with van der Waals surface area (Å²) in [6.07, 6.45) is 2.52. The van der Waals surface area contributed by atoms with Crippen LogP contribution in [0.5, 0.6) is 0 Å². The highest BCUT2D eigenvalue weighted by atomic mass is 32.1. The van der Waals surface area contributed by atoms with Crippen molar-refractivity contribution in [2.75, 3.05) is 0 Å². The third kappa shape index (κ3) is 2.83. The Kier molecular flexibility index (Phi) is 2.97. The minimum absolute atomic E-state index is 0.0000231. The van der Waals surface area contributed by atoms with Gasteiger partial charge in [0.1, 0.15) is 0 Å². The average Bonchev–Trinajstić information content (AvgIpc) is 2.48. The van der Waals surface area contributed by atoms with Crippen molar-refractivity contribution in [1.82, 2.24) is 0 Å². The molecule has 0 saturated heterocycles. The zero-order valence-corrected chi connectivity index (χ0v) is 7.80. The minimum atomic E-state index is -0.988. The van der Waals surface area contributed by atoms with Gasteiger partial charge in [-0.3, -0.25) is 4.79 Å². The number of carbonyl (C=O) groups excluding carboxylic acids is 1. The molecule has 1 rings (SSSR count). The van der Waals surface area contributed by atoms with E-state index in [2.05, 4.69) is 0 Å². The fourth-order valence-electron chi connectivity index (χ4n) is 0.785. The summed E-state index contributed by atoms with van der Waals surface area (Å²) >= 11 is 1.28. The quantitative estimate of drug-likeness (QED) is 0.594. The number of carboxylic acids is 1. The second-order valence-electron chi connectivity index (χ2n) is 2.43. The highest BCUT2D eigenvalue weighted by Gasteiger charge is 2.01. The van der Waals surface area contributed by atoms with Crippen molar-refractivity contribution in [1.29, 1.82) is 0 Å². The molecule has 0 aliphatic rings. The van der Waals surface area contributed by atoms with Crippen molar-refractivity contribution in [3.63, 3.8) is 0 Å². The molecule has 0 spiro atoms. The molecule has 3 nitrogen and oxygen atoms in total. The van der Waals surface area contributed by atoms with E-state index < -0.39 is 5.97 Å². The Morgan fingerprint density at radius 3 is 2.62 bits per heavy atom. The van der Waals surface area contributed by atoms with Gasteiger partial charge in [-0.2, -0.15) is 0 Å². The predicted molar refractivity (Wildman–Crippen MR) is 51.0 cm³/mol. The molecule has 0 radical (unpaired) electrons. The number of aliphatic carboxylic acids is 1. The maximum Gasteiger partial charge on any atom is 0.328 e. The van der Waals surface area contributed by atoms with E-state index >= 15 is 0 Å². The van der Waals surface area contributed by atoms with Gasteiger partial charge in [0.05, 0.1) is 4.88 Å². The lowest BCUT2D eigenvalue weighted by molar-refractivity contribution is -0.131. The molecule has 0 bridgehead atoms. The van der Waals surface area contributed by atoms with Crippen LogP contribution < -0.4 is 0 Å². The lowest BCUT2D eigenvalue weighted by Crippen LogP contribution is -1.84. The van der Waals surface area contributed by atoms with Crippen LogP contribution in [-0.2, 0) is 4.79 Å². The van der Waals surface area contributed by atoms with Crippen molar-refractivity contribution in [3.8, 4) is 0 Å². The van der Waals surface area contributed by atoms with E-state index in [1.807, 2.05) is 0 Å². The standard InChI is InChI=1S/C9H8O3S/c1-6(10)8-4-2-7(13-8)3-5-9(11)12/h2-5H,1H3,(H,11,12). The fourth-order valence-corrected chi connectivity index (χ4v) is 1.59. The summed E-state index contributed by atoms with van der Waals surface area (Å²) in [6, 6.07) is 3.41. The molecule has 1 heterocycles. The van der Waals surface area contributed by atoms with Gasteiger partial charge in [0.25, 0.3) is 0 Å². The molecule has 0 unspecified atom stereocenters. The van der Waals surface area contributed by atoms with Crippen molar-refractivity contribution < 1.29 is 14.7 Å². The molecule has 0 aliphatic carbocycles. The number of Topliss-reactive ketones (excluding diaryl/α,β-unsaturated/α-hetero) is 1. The Hall–Kier alpha value is -1.42. The number of carboxylic acid groups (broad SMARTS) is 1. The van der Waals surface area contributed by atoms with Crippen LogP contribution in [0.1, 0.15) is 21.5 Å². The van der Waals surface area contributed by atoms with Gasteiger partial charge in [0.15, 0.2) is 5.78 Å². The van der Waals surface area contributed by atoms with Gasteiger partial charge < -0.3 is 5.11 Å². The van der Waals surface area contributed by atoms with Gasteiger partial charge >= 0.3 is 5.97 Å². The van der Waals surface area contributed by atoms with Crippen molar-refractivity contribution in [2.24, 2.45) is 0 Å². The molecular weight excluding hydrogens is 188 g/mol. The van der Waals surface area contributed by atoms with Gasteiger partial charge in [-0.25, -0.2) is 4.79 Å². The highest BCUT2D eigenvalue weighted by molar-refractivity contribution is 7.14. The Bertz CT molecular complexity index is 363. The summed E-state index contributed by atoms with van der Waals surface area (Å²) in [7, 11) is 0. The van der Waals surface area contributed by atoms with Crippen LogP contribution in [0, 0.1) is 0 Å². The summed E-state index contributed by atoms with van der Waals surface area (Å²) in [5, 5.41) is 8.34. The summed E-state index contributed by atoms with van der Waals surface area (Å²) in [6.45, 7) is 1.48. The lowest BCUT2D eigenvalue weighted by Gasteiger charge is -1.83. The zero-order chi connectivity index (χ0) is 9.84. The number of rotatable bonds is 3. The van der Waals surface area contributed by atoms with Crippen LogP contribution in [0.4, 0.5) is 0 Å². The molecule has 1 aromatic rings. The van der Waals surface area contributed by atoms with E-state index in [-0.39, 0.29) is 5.78 Å². The number of thiophene rings is 1. The summed E-state index contributed by atoms with van der Waals surface area (Å²) < 4.78 is 0. The van der Waals surface area contributed by atoms with E-state index in [0.29, 0.717) is 4.88 Å². The van der Waals surface area contributed by atoms with Gasteiger partial charge in [-0.05, 0) is 25.1 Å². The normalized spacial score (nSPS) is 10.5. The molecule has 0 saturated carbocycles. The predicted octanol–water partition coefficient (Wildman–Crippen LogP) is 2.05. The SMILES string of the molecule is CC(=O)c1ccc(C=CC(=O)O)s1. The van der Waals surface area contributed by atoms with Crippen molar-refractivity contribution in [3.05, 3.63) is 28.0 Å². The number of hydrogen-bond donors (Lipinski definition) is 1. The van der Waals surface area contributed by atoms with E-state index in [4.69, 9.17) is 5.11 Å². The topological polar surface area (TPSA) is 54.4 Å². The maximum absolute atomic E-state index is 10.9. The first-order valence-corrected chi connectivity index (χ1v) is 4.43. The molecule has 0 fully saturated rings. The summed E-state index contributed by atoms with van der Waals surface area (Å²) in [4.78, 5) is 22.4. The summed E-state index contributed by atoms with van der Waals surface area (Å²) in [5.74, 6) is -0.988. The van der Waals surface area contributed by atoms with Gasteiger partial charge in [0.2, 0.25) is 0 Å². The van der Waals surface area contributed by atoms with Crippen molar-refractivity contribution >= 4 is 29.2 Å². The Labute approximate surface area is 79.3 Å². The second-order valence-corrected chi connectivity index (χ2v) is 3.55. The third-order valence-electron chi connectivity index (χ3n) is 1.36. The van der Waals surface area contributed by atoms with Crippen LogP contribution in [0.2, 0.25) is 0 Å². The van der Waals surface area contributed by atoms with Crippen LogP contribution in [0.3, 0.4) is 0 Å². The van der Waals surface area contributed by atoms with E-state index in [0.717, 1.165) is 11.0 Å². The average molecular weight is 196 g/mol. The minimum Gasteiger partial charge on any atom is -0.478 e. The molecule has 4 heteroatoms. The Morgan fingerprint density at radius 2 is 2.15 bits per heavy atom. The molecule has 0 aliphatic heterocycles. The molecular formula is C9H8O3S. The van der Waals surface area contributed by atoms with Gasteiger partial charge in [0, 0.05) is 11.0 Å². The van der Waals surface area contributed by atoms with E-state index in [1.54, 1.807) is 12.1 Å². The fraction of sp³-hybridized carbons (Fsp3) is 0.111. The Morgan fingerprint density at radius 1 is 1.46 bits per heavy atom. The van der Waals surface area contributed by atoms with E-state index in [9.17, 15) is 9.59 Å². The van der Waals surface area contributed by atoms with Gasteiger partial charge in [-0.1, -0.05) is 0 Å². The number of carbonyl (C=O) groups is 2. The van der Waals surface area contributed by atoms with E-state index in [1.165, 1.54) is 24.3 Å². The Balaban J connectivity index is 2.80. The molecule has 0 amide bonds. The smallest absolute Gasteiger partial charge is 0.328 e. The van der Waals surface area contributed by atoms with Crippen LogP contribution in [0.15, 0.2) is 18.2 Å². The molecule has 68 valence electrons. The largest absolute Gasteiger partial charge is 0.478 e. The highest BCUT2D eigenvalue weighted by Crippen LogP contribution is 2.18. The first-order valence-electron chi connectivity index (χ1n) is 3.61. The first-order chi connectivity index (χ1) is 6.09. The van der Waals surface area contributed by atoms with Crippen molar-refractivity contribution in [2.45, 2.75) is 6.92 Å². The number of ketones is 1. The molecule has 1 aromatic heterocycles. The molecule has 1 N–H and O–H groups in total. The molecule has 13 heavy (non-hydrogen) atoms. The van der Waals surface area contributed by atoms with Crippen LogP contribution in [0.25, 0.3) is 6.08 Å². The monoisotopic (exact) mass is 196 g/mol. The van der Waals surface area contributed by atoms with Crippen LogP contribution in [-0.4, -0.2) is 16.9 Å². The number of hydrogen-bond acceptors (Lipinski definition) is 3. The van der Waals surface area contributed by atoms with Crippen LogP contribution >= 0.6 is 11.3 Å². The molecule has 0 atom stereocenters. The van der Waals surface area contributed by atoms with Gasteiger partial charge in [-0.15, -0.1) is 11.3 Å². The second kappa shape index (κ2) is 4.00. The lowest BCUT2D eigenvalue weighted by atomic mass is 10.3. The molecule has 0 aromatic carbocycles. The first kappa shape index (κ1) is 9.67. The maximum atomic E-state index is 10.9. The zero-order valence-electron chi connectivity index (χ0n) is 6.98. The summed E-state index contributed by atoms with van der Waals surface area (Å²) in [5.41, 5.74) is 0. The third-order valence-corrected chi connectivity index (χ3v) is 2.52.